The van der Waals surface area contributed by atoms with E-state index >= 15 is 0 Å². The van der Waals surface area contributed by atoms with Gasteiger partial charge in [-0.05, 0) is 42.5 Å². The molecule has 1 heterocycles. The van der Waals surface area contributed by atoms with E-state index in [-0.39, 0.29) is 12.1 Å². The maximum Gasteiger partial charge on any atom is 0.337 e. The minimum absolute atomic E-state index is 0.0143. The summed E-state index contributed by atoms with van der Waals surface area (Å²) in [5.41, 5.74) is 0.500. The van der Waals surface area contributed by atoms with Gasteiger partial charge in [0.25, 0.3) is 11.5 Å². The number of anilines is 1. The van der Waals surface area contributed by atoms with E-state index in [4.69, 9.17) is 0 Å². The molecular formula is C21H17FN2O4. The molecule has 0 radical (unpaired) electrons. The zero-order valence-electron chi connectivity index (χ0n) is 15.0. The average molecular weight is 380 g/mol. The van der Waals surface area contributed by atoms with Crippen LogP contribution in [-0.4, -0.2) is 23.6 Å². The predicted octanol–water partition coefficient (Wildman–Crippen LogP) is 3.07. The van der Waals surface area contributed by atoms with E-state index in [0.29, 0.717) is 16.8 Å². The van der Waals surface area contributed by atoms with Crippen molar-refractivity contribution in [1.29, 1.82) is 0 Å². The van der Waals surface area contributed by atoms with E-state index in [2.05, 4.69) is 10.1 Å². The predicted molar refractivity (Wildman–Crippen MR) is 102 cm³/mol. The summed E-state index contributed by atoms with van der Waals surface area (Å²) >= 11 is 0. The topological polar surface area (TPSA) is 77.4 Å². The van der Waals surface area contributed by atoms with E-state index < -0.39 is 23.3 Å². The first kappa shape index (κ1) is 19.0. The fourth-order valence-corrected chi connectivity index (χ4v) is 2.65. The van der Waals surface area contributed by atoms with Crippen LogP contribution in [0.5, 0.6) is 0 Å². The van der Waals surface area contributed by atoms with Crippen molar-refractivity contribution in [3.63, 3.8) is 0 Å². The first-order valence-corrected chi connectivity index (χ1v) is 8.42. The minimum Gasteiger partial charge on any atom is -0.465 e. The number of rotatable bonds is 5. The molecule has 2 aromatic carbocycles. The maximum atomic E-state index is 13.8. The molecule has 0 bridgehead atoms. The van der Waals surface area contributed by atoms with Gasteiger partial charge < -0.3 is 14.6 Å². The van der Waals surface area contributed by atoms with E-state index in [0.717, 1.165) is 0 Å². The van der Waals surface area contributed by atoms with Crippen LogP contribution >= 0.6 is 0 Å². The van der Waals surface area contributed by atoms with E-state index in [1.807, 2.05) is 0 Å². The highest BCUT2D eigenvalue weighted by Gasteiger charge is 2.14. The summed E-state index contributed by atoms with van der Waals surface area (Å²) in [4.78, 5) is 36.6. The molecule has 0 aliphatic heterocycles. The SMILES string of the molecule is COC(=O)c1ccc(NC(=O)c2cccn(Cc3ccccc3F)c2=O)cc1. The number of carbonyl (C=O) groups excluding carboxylic acids is 2. The number of nitrogens with one attached hydrogen (secondary N) is 1. The van der Waals surface area contributed by atoms with Gasteiger partial charge in [0.05, 0.1) is 19.2 Å². The highest BCUT2D eigenvalue weighted by molar-refractivity contribution is 6.04. The van der Waals surface area contributed by atoms with Crippen LogP contribution in [0.15, 0.2) is 71.7 Å². The number of ether oxygens (including phenoxy) is 1. The molecule has 3 rings (SSSR count). The van der Waals surface area contributed by atoms with Crippen molar-refractivity contribution in [3.05, 3.63) is 99.7 Å². The van der Waals surface area contributed by atoms with Crippen LogP contribution in [0, 0.1) is 5.82 Å². The highest BCUT2D eigenvalue weighted by atomic mass is 19.1. The van der Waals surface area contributed by atoms with Crippen molar-refractivity contribution >= 4 is 17.6 Å². The number of nitrogens with zero attached hydrogens (tertiary/aromatic N) is 1. The number of carbonyl (C=O) groups is 2. The monoisotopic (exact) mass is 380 g/mol. The van der Waals surface area contributed by atoms with Gasteiger partial charge in [0, 0.05) is 17.4 Å². The number of amides is 1. The van der Waals surface area contributed by atoms with Gasteiger partial charge in [0.1, 0.15) is 11.4 Å². The summed E-state index contributed by atoms with van der Waals surface area (Å²) in [7, 11) is 1.28. The number of halogens is 1. The third-order valence-corrected chi connectivity index (χ3v) is 4.13. The molecule has 0 atom stereocenters. The van der Waals surface area contributed by atoms with Crippen LogP contribution in [0.25, 0.3) is 0 Å². The second-order valence-corrected chi connectivity index (χ2v) is 5.97. The van der Waals surface area contributed by atoms with Gasteiger partial charge in [-0.1, -0.05) is 18.2 Å². The second-order valence-electron chi connectivity index (χ2n) is 5.97. The molecule has 0 saturated carbocycles. The zero-order chi connectivity index (χ0) is 20.1. The van der Waals surface area contributed by atoms with Crippen LogP contribution in [0.3, 0.4) is 0 Å². The summed E-state index contributed by atoms with van der Waals surface area (Å²) in [6, 6.07) is 15.2. The fraction of sp³-hybridized carbons (Fsp3) is 0.0952. The minimum atomic E-state index is -0.598. The number of pyridine rings is 1. The lowest BCUT2D eigenvalue weighted by atomic mass is 10.2. The molecule has 3 aromatic rings. The molecule has 7 heteroatoms. The van der Waals surface area contributed by atoms with E-state index in [1.165, 1.54) is 54.3 Å². The number of hydrogen-bond donors (Lipinski definition) is 1. The molecule has 6 nitrogen and oxygen atoms in total. The zero-order valence-corrected chi connectivity index (χ0v) is 15.0. The molecule has 142 valence electrons. The molecular weight excluding hydrogens is 363 g/mol. The van der Waals surface area contributed by atoms with Crippen molar-refractivity contribution in [2.45, 2.75) is 6.54 Å². The lowest BCUT2D eigenvalue weighted by Crippen LogP contribution is -2.29. The van der Waals surface area contributed by atoms with Gasteiger partial charge in [-0.25, -0.2) is 9.18 Å². The average Bonchev–Trinajstić information content (AvgIpc) is 2.71. The lowest BCUT2D eigenvalue weighted by Gasteiger charge is -2.10. The van der Waals surface area contributed by atoms with Crippen LogP contribution in [0.4, 0.5) is 10.1 Å². The third kappa shape index (κ3) is 4.15. The Kier molecular flexibility index (Phi) is 5.64. The molecule has 1 aromatic heterocycles. The first-order chi connectivity index (χ1) is 13.5. The largest absolute Gasteiger partial charge is 0.465 e. The maximum absolute atomic E-state index is 13.8. The smallest absolute Gasteiger partial charge is 0.337 e. The van der Waals surface area contributed by atoms with Crippen molar-refractivity contribution in [2.24, 2.45) is 0 Å². The Morgan fingerprint density at radius 2 is 1.75 bits per heavy atom. The van der Waals surface area contributed by atoms with Crippen molar-refractivity contribution in [3.8, 4) is 0 Å². The van der Waals surface area contributed by atoms with Crippen molar-refractivity contribution < 1.29 is 18.7 Å². The first-order valence-electron chi connectivity index (χ1n) is 8.42. The Bertz CT molecular complexity index is 1070. The number of methoxy groups -OCH3 is 1. The van der Waals surface area contributed by atoms with Crippen LogP contribution < -0.4 is 10.9 Å². The molecule has 28 heavy (non-hydrogen) atoms. The molecule has 0 aliphatic carbocycles. The molecule has 0 aliphatic rings. The van der Waals surface area contributed by atoms with Crippen molar-refractivity contribution in [1.82, 2.24) is 4.57 Å². The quantitative estimate of drug-likeness (QED) is 0.690. The third-order valence-electron chi connectivity index (χ3n) is 4.13. The molecule has 0 fully saturated rings. The lowest BCUT2D eigenvalue weighted by molar-refractivity contribution is 0.0600. The number of hydrogen-bond acceptors (Lipinski definition) is 4. The van der Waals surface area contributed by atoms with Gasteiger partial charge in [0.2, 0.25) is 0 Å². The highest BCUT2D eigenvalue weighted by Crippen LogP contribution is 2.12. The van der Waals surface area contributed by atoms with Gasteiger partial charge in [-0.15, -0.1) is 0 Å². The second kappa shape index (κ2) is 8.30. The summed E-state index contributed by atoms with van der Waals surface area (Å²) in [6.07, 6.45) is 1.50. The molecule has 0 saturated heterocycles. The summed E-state index contributed by atoms with van der Waals surface area (Å²) in [6.45, 7) is 0.0143. The summed E-state index contributed by atoms with van der Waals surface area (Å²) in [5.74, 6) is -1.51. The Hall–Kier alpha value is -3.74. The van der Waals surface area contributed by atoms with E-state index in [1.54, 1.807) is 24.3 Å². The number of benzene rings is 2. The van der Waals surface area contributed by atoms with Crippen molar-refractivity contribution in [2.75, 3.05) is 12.4 Å². The van der Waals surface area contributed by atoms with Crippen LogP contribution in [-0.2, 0) is 11.3 Å². The van der Waals surface area contributed by atoms with E-state index in [9.17, 15) is 18.8 Å². The normalized spacial score (nSPS) is 10.4. The Morgan fingerprint density at radius 3 is 2.43 bits per heavy atom. The van der Waals surface area contributed by atoms with Crippen LogP contribution in [0.1, 0.15) is 26.3 Å². The number of esters is 1. The number of aromatic nitrogens is 1. The Labute approximate surface area is 160 Å². The Balaban J connectivity index is 1.80. The summed E-state index contributed by atoms with van der Waals surface area (Å²) < 4.78 is 19.7. The Morgan fingerprint density at radius 1 is 1.04 bits per heavy atom. The standard InChI is InChI=1S/C21H17FN2O4/c1-28-21(27)14-8-10-16(11-9-14)23-19(25)17-6-4-12-24(20(17)26)13-15-5-2-3-7-18(15)22/h2-12H,13H2,1H3,(H,23,25). The summed E-state index contributed by atoms with van der Waals surface area (Å²) in [5, 5.41) is 2.61. The fourth-order valence-electron chi connectivity index (χ4n) is 2.65. The molecule has 1 amide bonds. The van der Waals surface area contributed by atoms with Gasteiger partial charge in [0.15, 0.2) is 0 Å². The van der Waals surface area contributed by atoms with Crippen LogP contribution in [0.2, 0.25) is 0 Å². The van der Waals surface area contributed by atoms with Gasteiger partial charge in [-0.3, -0.25) is 9.59 Å². The van der Waals surface area contributed by atoms with Gasteiger partial charge in [-0.2, -0.15) is 0 Å². The molecule has 0 unspecified atom stereocenters. The molecule has 0 spiro atoms. The van der Waals surface area contributed by atoms with Gasteiger partial charge >= 0.3 is 5.97 Å². The molecule has 1 N–H and O–H groups in total.